The monoisotopic (exact) mass is 256 g/mol. The van der Waals surface area contributed by atoms with E-state index in [9.17, 15) is 5.11 Å². The summed E-state index contributed by atoms with van der Waals surface area (Å²) in [6.07, 6.45) is 0.619. The van der Waals surface area contributed by atoms with Crippen molar-refractivity contribution >= 4 is 27.3 Å². The Morgan fingerprint density at radius 2 is 2.29 bits per heavy atom. The van der Waals surface area contributed by atoms with Gasteiger partial charge >= 0.3 is 0 Å². The molecule has 1 aliphatic heterocycles. The summed E-state index contributed by atoms with van der Waals surface area (Å²) in [6.45, 7) is 1.57. The molecule has 3 N–H and O–H groups in total. The summed E-state index contributed by atoms with van der Waals surface area (Å²) < 4.78 is 0.985. The molecule has 76 valence electrons. The van der Waals surface area contributed by atoms with Crippen molar-refractivity contribution in [3.63, 3.8) is 0 Å². The molecule has 0 spiro atoms. The van der Waals surface area contributed by atoms with Crippen LogP contribution in [0, 0.1) is 0 Å². The van der Waals surface area contributed by atoms with E-state index in [-0.39, 0.29) is 6.10 Å². The van der Waals surface area contributed by atoms with Crippen molar-refractivity contribution in [1.82, 2.24) is 0 Å². The topological polar surface area (TPSA) is 49.5 Å². The first-order valence-corrected chi connectivity index (χ1v) is 5.44. The van der Waals surface area contributed by atoms with Crippen LogP contribution in [0.1, 0.15) is 6.42 Å². The Hall–Kier alpha value is -0.740. The van der Waals surface area contributed by atoms with E-state index in [1.54, 1.807) is 0 Å². The standard InChI is InChI=1S/C10H13BrN2O/c11-7-1-2-10(9(12)5-7)13-4-3-8(14)6-13/h1-2,5,8,14H,3-4,6,12H2. The Balaban J connectivity index is 2.24. The smallest absolute Gasteiger partial charge is 0.0731 e. The third-order valence-corrected chi connectivity index (χ3v) is 2.99. The normalized spacial score (nSPS) is 21.6. The molecule has 1 saturated heterocycles. The van der Waals surface area contributed by atoms with Crippen LogP contribution in [0.3, 0.4) is 0 Å². The van der Waals surface area contributed by atoms with Gasteiger partial charge in [0.05, 0.1) is 17.5 Å². The molecular formula is C10H13BrN2O. The maximum atomic E-state index is 9.41. The molecule has 1 fully saturated rings. The van der Waals surface area contributed by atoms with Crippen molar-refractivity contribution in [1.29, 1.82) is 0 Å². The lowest BCUT2D eigenvalue weighted by atomic mass is 10.2. The number of halogens is 1. The Morgan fingerprint density at radius 3 is 2.86 bits per heavy atom. The summed E-state index contributed by atoms with van der Waals surface area (Å²) in [7, 11) is 0. The zero-order valence-electron chi connectivity index (χ0n) is 7.78. The third-order valence-electron chi connectivity index (χ3n) is 2.49. The molecule has 0 aromatic heterocycles. The van der Waals surface area contributed by atoms with Gasteiger partial charge in [0, 0.05) is 17.6 Å². The van der Waals surface area contributed by atoms with Crippen molar-refractivity contribution in [2.24, 2.45) is 0 Å². The van der Waals surface area contributed by atoms with Gasteiger partial charge in [-0.25, -0.2) is 0 Å². The van der Waals surface area contributed by atoms with E-state index >= 15 is 0 Å². The molecule has 3 nitrogen and oxygen atoms in total. The number of aliphatic hydroxyl groups is 1. The molecular weight excluding hydrogens is 244 g/mol. The highest BCUT2D eigenvalue weighted by molar-refractivity contribution is 9.10. The van der Waals surface area contributed by atoms with E-state index in [0.717, 1.165) is 28.8 Å². The van der Waals surface area contributed by atoms with E-state index in [4.69, 9.17) is 5.73 Å². The predicted octanol–water partition coefficient (Wildman–Crippen LogP) is 1.60. The summed E-state index contributed by atoms with van der Waals surface area (Å²) in [6, 6.07) is 5.84. The molecule has 0 radical (unpaired) electrons. The average Bonchev–Trinajstić information content (AvgIpc) is 2.51. The van der Waals surface area contributed by atoms with Gasteiger partial charge in [-0.15, -0.1) is 0 Å². The molecule has 1 atom stereocenters. The molecule has 0 aliphatic carbocycles. The second kappa shape index (κ2) is 3.79. The first-order valence-electron chi connectivity index (χ1n) is 4.65. The van der Waals surface area contributed by atoms with Gasteiger partial charge in [0.1, 0.15) is 0 Å². The van der Waals surface area contributed by atoms with E-state index in [1.807, 2.05) is 18.2 Å². The van der Waals surface area contributed by atoms with Gasteiger partial charge in [-0.05, 0) is 24.6 Å². The minimum Gasteiger partial charge on any atom is -0.397 e. The Labute approximate surface area is 91.6 Å². The number of nitrogens with zero attached hydrogens (tertiary/aromatic N) is 1. The molecule has 1 aromatic rings. The van der Waals surface area contributed by atoms with Crippen molar-refractivity contribution in [2.75, 3.05) is 23.7 Å². The molecule has 4 heteroatoms. The van der Waals surface area contributed by atoms with Crippen LogP contribution >= 0.6 is 15.9 Å². The SMILES string of the molecule is Nc1cc(Br)ccc1N1CCC(O)C1. The number of aliphatic hydroxyl groups excluding tert-OH is 1. The molecule has 14 heavy (non-hydrogen) atoms. The zero-order valence-corrected chi connectivity index (χ0v) is 9.37. The Kier molecular flexibility index (Phi) is 2.65. The molecule has 2 rings (SSSR count). The Bertz CT molecular complexity index is 343. The van der Waals surface area contributed by atoms with Gasteiger partial charge in [-0.2, -0.15) is 0 Å². The molecule has 1 aromatic carbocycles. The van der Waals surface area contributed by atoms with Crippen molar-refractivity contribution in [3.8, 4) is 0 Å². The lowest BCUT2D eigenvalue weighted by Crippen LogP contribution is -2.22. The zero-order chi connectivity index (χ0) is 10.1. The fourth-order valence-corrected chi connectivity index (χ4v) is 2.15. The number of nitrogens with two attached hydrogens (primary N) is 1. The fourth-order valence-electron chi connectivity index (χ4n) is 1.77. The van der Waals surface area contributed by atoms with Gasteiger partial charge in [0.2, 0.25) is 0 Å². The molecule has 1 aliphatic rings. The van der Waals surface area contributed by atoms with Crippen LogP contribution in [0.2, 0.25) is 0 Å². The van der Waals surface area contributed by atoms with Gasteiger partial charge in [0.15, 0.2) is 0 Å². The minimum absolute atomic E-state index is 0.210. The average molecular weight is 257 g/mol. The summed E-state index contributed by atoms with van der Waals surface area (Å²) >= 11 is 3.37. The van der Waals surface area contributed by atoms with Gasteiger partial charge in [-0.3, -0.25) is 0 Å². The lowest BCUT2D eigenvalue weighted by molar-refractivity contribution is 0.198. The second-order valence-corrected chi connectivity index (χ2v) is 4.51. The number of hydrogen-bond donors (Lipinski definition) is 2. The molecule has 0 amide bonds. The van der Waals surface area contributed by atoms with Gasteiger partial charge < -0.3 is 15.7 Å². The first kappa shape index (κ1) is 9.80. The molecule has 1 heterocycles. The number of benzene rings is 1. The maximum absolute atomic E-state index is 9.41. The number of nitrogen functional groups attached to an aromatic ring is 1. The van der Waals surface area contributed by atoms with Crippen LogP contribution in [0.5, 0.6) is 0 Å². The Morgan fingerprint density at radius 1 is 1.50 bits per heavy atom. The summed E-state index contributed by atoms with van der Waals surface area (Å²) in [4.78, 5) is 2.12. The highest BCUT2D eigenvalue weighted by Gasteiger charge is 2.21. The van der Waals surface area contributed by atoms with Crippen LogP contribution in [0.4, 0.5) is 11.4 Å². The fraction of sp³-hybridized carbons (Fsp3) is 0.400. The molecule has 1 unspecified atom stereocenters. The van der Waals surface area contributed by atoms with E-state index in [1.165, 1.54) is 0 Å². The van der Waals surface area contributed by atoms with Gasteiger partial charge in [0.25, 0.3) is 0 Å². The summed E-state index contributed by atoms with van der Waals surface area (Å²) in [5.74, 6) is 0. The van der Waals surface area contributed by atoms with Gasteiger partial charge in [-0.1, -0.05) is 15.9 Å². The first-order chi connectivity index (χ1) is 6.66. The highest BCUT2D eigenvalue weighted by atomic mass is 79.9. The molecule has 0 bridgehead atoms. The largest absolute Gasteiger partial charge is 0.397 e. The van der Waals surface area contributed by atoms with Crippen molar-refractivity contribution in [2.45, 2.75) is 12.5 Å². The number of β-amino-alcohol motifs (C(OH)–C–C–N with tert-alkyl or cyclic N) is 1. The minimum atomic E-state index is -0.210. The quantitative estimate of drug-likeness (QED) is 0.751. The maximum Gasteiger partial charge on any atom is 0.0731 e. The third kappa shape index (κ3) is 1.86. The predicted molar refractivity (Wildman–Crippen MR) is 61.4 cm³/mol. The second-order valence-electron chi connectivity index (χ2n) is 3.59. The number of hydrogen-bond acceptors (Lipinski definition) is 3. The number of rotatable bonds is 1. The van der Waals surface area contributed by atoms with Crippen molar-refractivity contribution in [3.05, 3.63) is 22.7 Å². The summed E-state index contributed by atoms with van der Waals surface area (Å²) in [5.41, 5.74) is 7.67. The summed E-state index contributed by atoms with van der Waals surface area (Å²) in [5, 5.41) is 9.41. The highest BCUT2D eigenvalue weighted by Crippen LogP contribution is 2.29. The van der Waals surface area contributed by atoms with Crippen molar-refractivity contribution < 1.29 is 5.11 Å². The van der Waals surface area contributed by atoms with E-state index in [0.29, 0.717) is 6.54 Å². The van der Waals surface area contributed by atoms with Crippen LogP contribution in [-0.2, 0) is 0 Å². The van der Waals surface area contributed by atoms with E-state index in [2.05, 4.69) is 20.8 Å². The van der Waals surface area contributed by atoms with Crippen LogP contribution in [-0.4, -0.2) is 24.3 Å². The number of anilines is 2. The molecule has 0 saturated carbocycles. The van der Waals surface area contributed by atoms with Crippen LogP contribution < -0.4 is 10.6 Å². The van der Waals surface area contributed by atoms with Crippen LogP contribution in [0.15, 0.2) is 22.7 Å². The van der Waals surface area contributed by atoms with E-state index < -0.39 is 0 Å². The lowest BCUT2D eigenvalue weighted by Gasteiger charge is -2.19. The van der Waals surface area contributed by atoms with Crippen LogP contribution in [0.25, 0.3) is 0 Å².